The Morgan fingerprint density at radius 3 is 2.52 bits per heavy atom. The highest BCUT2D eigenvalue weighted by Gasteiger charge is 2.28. The number of benzene rings is 3. The fourth-order valence-corrected chi connectivity index (χ4v) is 4.38. The van der Waals surface area contributed by atoms with Gasteiger partial charge in [0.05, 0.1) is 11.1 Å². The van der Waals surface area contributed by atoms with Gasteiger partial charge in [0.1, 0.15) is 5.75 Å². The molecule has 0 radical (unpaired) electrons. The summed E-state index contributed by atoms with van der Waals surface area (Å²) in [6, 6.07) is 20.1. The summed E-state index contributed by atoms with van der Waals surface area (Å²) in [7, 11) is 0. The minimum absolute atomic E-state index is 0.0376. The van der Waals surface area contributed by atoms with E-state index in [9.17, 15) is 14.7 Å². The number of carbonyl (C=O) groups excluding carboxylic acids is 1. The van der Waals surface area contributed by atoms with Crippen LogP contribution in [0.15, 0.2) is 66.7 Å². The Morgan fingerprint density at radius 1 is 1.00 bits per heavy atom. The fourth-order valence-electron chi connectivity index (χ4n) is 4.38. The second-order valence-electron chi connectivity index (χ2n) is 8.79. The summed E-state index contributed by atoms with van der Waals surface area (Å²) < 4.78 is 5.64. The van der Waals surface area contributed by atoms with E-state index in [0.717, 1.165) is 24.8 Å². The van der Waals surface area contributed by atoms with Gasteiger partial charge in [-0.05, 0) is 83.7 Å². The second-order valence-corrected chi connectivity index (χ2v) is 8.79. The first-order valence-corrected chi connectivity index (χ1v) is 10.6. The number of hydrogen-bond acceptors (Lipinski definition) is 3. The van der Waals surface area contributed by atoms with Gasteiger partial charge in [0.25, 0.3) is 0 Å². The molecule has 0 bridgehead atoms. The minimum Gasteiger partial charge on any atom is -0.478 e. The molecule has 1 aliphatic carbocycles. The average Bonchev–Trinajstić information content (AvgIpc) is 2.74. The van der Waals surface area contributed by atoms with Crippen LogP contribution in [0.1, 0.15) is 69.7 Å². The molecule has 158 valence electrons. The quantitative estimate of drug-likeness (QED) is 0.423. The Bertz CT molecular complexity index is 1130. The molecule has 0 saturated heterocycles. The molecule has 0 unspecified atom stereocenters. The average molecular weight is 415 g/mol. The summed E-state index contributed by atoms with van der Waals surface area (Å²) in [5.41, 5.74) is 4.86. The topological polar surface area (TPSA) is 63.6 Å². The number of aryl methyl sites for hydroxylation is 1. The van der Waals surface area contributed by atoms with E-state index in [1.54, 1.807) is 6.07 Å². The number of hydrogen-bond donors (Lipinski definition) is 1. The van der Waals surface area contributed by atoms with Gasteiger partial charge in [-0.2, -0.15) is 0 Å². The van der Waals surface area contributed by atoms with E-state index in [1.165, 1.54) is 23.3 Å². The van der Waals surface area contributed by atoms with Gasteiger partial charge >= 0.3 is 11.9 Å². The molecule has 0 heterocycles. The molecule has 4 nitrogen and oxygen atoms in total. The minimum atomic E-state index is -0.999. The van der Waals surface area contributed by atoms with Crippen LogP contribution in [0.4, 0.5) is 0 Å². The van der Waals surface area contributed by atoms with Crippen LogP contribution in [0.25, 0.3) is 0 Å². The summed E-state index contributed by atoms with van der Waals surface area (Å²) in [4.78, 5) is 24.5. The van der Waals surface area contributed by atoms with E-state index < -0.39 is 11.9 Å². The molecule has 0 spiro atoms. The zero-order valence-electron chi connectivity index (χ0n) is 17.9. The maximum absolute atomic E-state index is 12.9. The van der Waals surface area contributed by atoms with Crippen molar-refractivity contribution in [1.29, 1.82) is 0 Å². The number of carbonyl (C=O) groups is 2. The Labute approximate surface area is 182 Å². The molecule has 1 N–H and O–H groups in total. The molecule has 4 heteroatoms. The molecule has 4 rings (SSSR count). The lowest BCUT2D eigenvalue weighted by Crippen LogP contribution is -2.24. The van der Waals surface area contributed by atoms with E-state index >= 15 is 0 Å². The van der Waals surface area contributed by atoms with Gasteiger partial charge in [0.15, 0.2) is 0 Å². The number of aromatic carboxylic acids is 1. The van der Waals surface area contributed by atoms with Crippen LogP contribution >= 0.6 is 0 Å². The Kier molecular flexibility index (Phi) is 5.64. The lowest BCUT2D eigenvalue weighted by molar-refractivity contribution is 0.0695. The highest BCUT2D eigenvalue weighted by molar-refractivity contribution is 5.92. The van der Waals surface area contributed by atoms with E-state index in [1.807, 2.05) is 48.5 Å². The molecule has 0 saturated carbocycles. The lowest BCUT2D eigenvalue weighted by atomic mass is 9.72. The van der Waals surface area contributed by atoms with Crippen molar-refractivity contribution in [2.75, 3.05) is 0 Å². The first-order chi connectivity index (χ1) is 14.8. The van der Waals surface area contributed by atoms with Crippen molar-refractivity contribution in [2.24, 2.45) is 0 Å². The number of esters is 1. The summed E-state index contributed by atoms with van der Waals surface area (Å²) >= 11 is 0. The summed E-state index contributed by atoms with van der Waals surface area (Å²) in [6.45, 7) is 4.42. The molecular weight excluding hydrogens is 388 g/mol. The highest BCUT2D eigenvalue weighted by Crippen LogP contribution is 2.37. The third-order valence-electron chi connectivity index (χ3n) is 6.08. The van der Waals surface area contributed by atoms with Gasteiger partial charge in [-0.3, -0.25) is 0 Å². The standard InChI is InChI=1S/C27H26O4/c1-27(2)14-6-9-19-10-11-20(17-24(19)27)26(30)31-22-12-13-23(25(28)29)21(16-22)15-18-7-4-3-5-8-18/h3-5,7-8,10-13,16-17H,6,9,14-15H2,1-2H3,(H,28,29). The molecule has 0 aromatic heterocycles. The Balaban J connectivity index is 1.60. The SMILES string of the molecule is CC1(C)CCCc2ccc(C(=O)Oc3ccc(C(=O)O)c(Cc4ccccc4)c3)cc21. The third-order valence-corrected chi connectivity index (χ3v) is 6.08. The van der Waals surface area contributed by atoms with Gasteiger partial charge in [-0.1, -0.05) is 50.2 Å². The Morgan fingerprint density at radius 2 is 1.77 bits per heavy atom. The van der Waals surface area contributed by atoms with Crippen molar-refractivity contribution in [3.63, 3.8) is 0 Å². The molecule has 0 aliphatic heterocycles. The molecule has 31 heavy (non-hydrogen) atoms. The number of carboxylic acids is 1. The van der Waals surface area contributed by atoms with Crippen molar-refractivity contribution in [3.8, 4) is 5.75 Å². The van der Waals surface area contributed by atoms with Crippen molar-refractivity contribution >= 4 is 11.9 Å². The summed E-state index contributed by atoms with van der Waals surface area (Å²) in [5.74, 6) is -1.09. The van der Waals surface area contributed by atoms with Crippen molar-refractivity contribution < 1.29 is 19.4 Å². The van der Waals surface area contributed by atoms with E-state index in [0.29, 0.717) is 23.3 Å². The number of ether oxygens (including phenoxy) is 1. The highest BCUT2D eigenvalue weighted by atomic mass is 16.5. The lowest BCUT2D eigenvalue weighted by Gasteiger charge is -2.32. The molecule has 3 aromatic carbocycles. The van der Waals surface area contributed by atoms with Crippen molar-refractivity contribution in [1.82, 2.24) is 0 Å². The molecular formula is C27H26O4. The maximum Gasteiger partial charge on any atom is 0.343 e. The second kappa shape index (κ2) is 8.38. The molecule has 0 amide bonds. The molecule has 1 aliphatic rings. The first-order valence-electron chi connectivity index (χ1n) is 10.6. The monoisotopic (exact) mass is 414 g/mol. The van der Waals surface area contributed by atoms with Crippen LogP contribution in [0.2, 0.25) is 0 Å². The largest absolute Gasteiger partial charge is 0.478 e. The maximum atomic E-state index is 12.9. The predicted octanol–water partition coefficient (Wildman–Crippen LogP) is 5.81. The summed E-state index contributed by atoms with van der Waals surface area (Å²) in [5, 5.41) is 9.55. The molecule has 0 fully saturated rings. The van der Waals surface area contributed by atoms with Gasteiger partial charge in [-0.25, -0.2) is 9.59 Å². The van der Waals surface area contributed by atoms with Crippen LogP contribution in [0.5, 0.6) is 5.75 Å². The van der Waals surface area contributed by atoms with E-state index in [2.05, 4.69) is 13.8 Å². The van der Waals surface area contributed by atoms with Crippen LogP contribution in [-0.4, -0.2) is 17.0 Å². The summed E-state index contributed by atoms with van der Waals surface area (Å²) in [6.07, 6.45) is 3.73. The van der Waals surface area contributed by atoms with Crippen LogP contribution in [-0.2, 0) is 18.3 Å². The van der Waals surface area contributed by atoms with E-state index in [-0.39, 0.29) is 11.0 Å². The van der Waals surface area contributed by atoms with Crippen LogP contribution < -0.4 is 4.74 Å². The van der Waals surface area contributed by atoms with Gasteiger partial charge in [0, 0.05) is 0 Å². The third kappa shape index (κ3) is 4.53. The van der Waals surface area contributed by atoms with Crippen LogP contribution in [0.3, 0.4) is 0 Å². The number of fused-ring (bicyclic) bond motifs is 1. The Hall–Kier alpha value is -3.40. The first kappa shape index (κ1) is 20.9. The normalized spacial score (nSPS) is 14.5. The van der Waals surface area contributed by atoms with E-state index in [4.69, 9.17) is 4.74 Å². The van der Waals surface area contributed by atoms with Gasteiger partial charge < -0.3 is 9.84 Å². The zero-order chi connectivity index (χ0) is 22.0. The number of rotatable bonds is 5. The van der Waals surface area contributed by atoms with Crippen LogP contribution in [0, 0.1) is 0 Å². The smallest absolute Gasteiger partial charge is 0.343 e. The predicted molar refractivity (Wildman–Crippen MR) is 120 cm³/mol. The fraction of sp³-hybridized carbons (Fsp3) is 0.259. The zero-order valence-corrected chi connectivity index (χ0v) is 17.9. The molecule has 0 atom stereocenters. The number of carboxylic acid groups (broad SMARTS) is 1. The van der Waals surface area contributed by atoms with Gasteiger partial charge in [0.2, 0.25) is 0 Å². The van der Waals surface area contributed by atoms with Crippen molar-refractivity contribution in [2.45, 2.75) is 44.9 Å². The molecule has 3 aromatic rings. The van der Waals surface area contributed by atoms with Crippen molar-refractivity contribution in [3.05, 3.63) is 100 Å². The van der Waals surface area contributed by atoms with Gasteiger partial charge in [-0.15, -0.1) is 0 Å².